The number of rotatable bonds is 13. The molecule has 1 aliphatic heterocycles. The van der Waals surface area contributed by atoms with Gasteiger partial charge in [-0.3, -0.25) is 38.5 Å². The van der Waals surface area contributed by atoms with Crippen molar-refractivity contribution >= 4 is 53.2 Å². The molecule has 1 aliphatic rings. The van der Waals surface area contributed by atoms with Crippen molar-refractivity contribution in [2.24, 2.45) is 0 Å². The van der Waals surface area contributed by atoms with E-state index in [1.165, 1.54) is 18.8 Å². The molecule has 0 spiro atoms. The van der Waals surface area contributed by atoms with E-state index in [9.17, 15) is 33.6 Å². The molecule has 1 saturated heterocycles. The molecular formula is C18H27N5O8S. The van der Waals surface area contributed by atoms with Gasteiger partial charge in [0.15, 0.2) is 0 Å². The first-order chi connectivity index (χ1) is 15.1. The van der Waals surface area contributed by atoms with E-state index in [-0.39, 0.29) is 42.9 Å². The third kappa shape index (κ3) is 8.91. The highest BCUT2D eigenvalue weighted by Crippen LogP contribution is 2.23. The number of hydrogen-bond acceptors (Lipinski definition) is 8. The zero-order valence-electron chi connectivity index (χ0n) is 17.8. The van der Waals surface area contributed by atoms with Crippen LogP contribution in [-0.2, 0) is 33.6 Å². The molecule has 32 heavy (non-hydrogen) atoms. The number of likely N-dealkylation sites (N-methyl/N-ethyl adjacent to an activating group) is 1. The molecule has 0 saturated carbocycles. The lowest BCUT2D eigenvalue weighted by molar-refractivity contribution is -0.145. The molecule has 0 aromatic heterocycles. The Morgan fingerprint density at radius 3 is 2.28 bits per heavy atom. The molecule has 0 aromatic rings. The average molecular weight is 474 g/mol. The van der Waals surface area contributed by atoms with Crippen molar-refractivity contribution < 1.29 is 38.7 Å². The summed E-state index contributed by atoms with van der Waals surface area (Å²) in [4.78, 5) is 83.7. The van der Waals surface area contributed by atoms with Gasteiger partial charge in [-0.25, -0.2) is 0 Å². The van der Waals surface area contributed by atoms with Gasteiger partial charge in [-0.1, -0.05) is 0 Å². The molecular weight excluding hydrogens is 446 g/mol. The molecule has 1 fully saturated rings. The molecule has 0 aliphatic carbocycles. The summed E-state index contributed by atoms with van der Waals surface area (Å²) >= 11 is 1.30. The van der Waals surface area contributed by atoms with Crippen LogP contribution in [0.3, 0.4) is 0 Å². The highest BCUT2D eigenvalue weighted by molar-refractivity contribution is 8.00. The standard InChI is InChI=1S/C18H27N5O8S/c1-19-14(26)9-22(10-17(29)30)16(28)8-21-13(25)7-20-12(24)4-3-5-23-15(27)6-11(32-2)18(23)31/h11H,3-10H2,1-2H3,(H,19,26)(H,20,24)(H,21,25)(H,29,30). The number of amides is 6. The van der Waals surface area contributed by atoms with E-state index in [4.69, 9.17) is 5.11 Å². The normalized spacial score (nSPS) is 15.3. The van der Waals surface area contributed by atoms with Crippen LogP contribution in [0, 0.1) is 0 Å². The Bertz CT molecular complexity index is 774. The van der Waals surface area contributed by atoms with Crippen LogP contribution in [0.4, 0.5) is 0 Å². The number of imide groups is 1. The number of carboxylic acids is 1. The van der Waals surface area contributed by atoms with E-state index in [0.717, 1.165) is 9.80 Å². The van der Waals surface area contributed by atoms with Crippen LogP contribution in [0.1, 0.15) is 19.3 Å². The molecule has 14 heteroatoms. The number of carboxylic acid groups (broad SMARTS) is 1. The molecule has 6 amide bonds. The fourth-order valence-electron chi connectivity index (χ4n) is 2.73. The number of likely N-dealkylation sites (tertiary alicyclic amines) is 1. The van der Waals surface area contributed by atoms with Crippen LogP contribution < -0.4 is 16.0 Å². The van der Waals surface area contributed by atoms with Gasteiger partial charge in [0.1, 0.15) is 13.1 Å². The summed E-state index contributed by atoms with van der Waals surface area (Å²) in [5, 5.41) is 15.3. The predicted molar refractivity (Wildman–Crippen MR) is 112 cm³/mol. The van der Waals surface area contributed by atoms with Crippen molar-refractivity contribution in [3.8, 4) is 0 Å². The number of carbonyl (C=O) groups is 7. The molecule has 1 heterocycles. The lowest BCUT2D eigenvalue weighted by Crippen LogP contribution is -2.47. The smallest absolute Gasteiger partial charge is 0.323 e. The Balaban J connectivity index is 2.33. The van der Waals surface area contributed by atoms with Crippen LogP contribution in [0.2, 0.25) is 0 Å². The van der Waals surface area contributed by atoms with E-state index in [0.29, 0.717) is 0 Å². The predicted octanol–water partition coefficient (Wildman–Crippen LogP) is -2.85. The highest BCUT2D eigenvalue weighted by Gasteiger charge is 2.37. The third-order valence-corrected chi connectivity index (χ3v) is 5.38. The first-order valence-corrected chi connectivity index (χ1v) is 11.0. The Morgan fingerprint density at radius 1 is 1.06 bits per heavy atom. The summed E-state index contributed by atoms with van der Waals surface area (Å²) in [5.74, 6) is -4.36. The zero-order chi connectivity index (χ0) is 24.3. The SMILES string of the molecule is CNC(=O)CN(CC(=O)O)C(=O)CNC(=O)CNC(=O)CCCN1C(=O)CC(SC)C1=O. The molecule has 1 rings (SSSR count). The molecule has 0 bridgehead atoms. The van der Waals surface area contributed by atoms with Crippen molar-refractivity contribution in [3.63, 3.8) is 0 Å². The number of thioether (sulfide) groups is 1. The number of carbonyl (C=O) groups excluding carboxylic acids is 6. The molecule has 1 atom stereocenters. The number of nitrogens with zero attached hydrogens (tertiary/aromatic N) is 2. The van der Waals surface area contributed by atoms with Gasteiger partial charge in [0, 0.05) is 26.4 Å². The van der Waals surface area contributed by atoms with Crippen molar-refractivity contribution in [3.05, 3.63) is 0 Å². The molecule has 1 unspecified atom stereocenters. The van der Waals surface area contributed by atoms with Crippen molar-refractivity contribution in [2.75, 3.05) is 46.0 Å². The van der Waals surface area contributed by atoms with Crippen LogP contribution in [-0.4, -0.2) is 108 Å². The monoisotopic (exact) mass is 473 g/mol. The maximum atomic E-state index is 12.1. The summed E-state index contributed by atoms with van der Waals surface area (Å²) < 4.78 is 0. The first-order valence-electron chi connectivity index (χ1n) is 9.69. The van der Waals surface area contributed by atoms with Crippen LogP contribution in [0.15, 0.2) is 0 Å². The molecule has 0 aromatic carbocycles. The van der Waals surface area contributed by atoms with Gasteiger partial charge >= 0.3 is 5.97 Å². The van der Waals surface area contributed by atoms with Crippen molar-refractivity contribution in [1.82, 2.24) is 25.8 Å². The average Bonchev–Trinajstić information content (AvgIpc) is 3.02. The van der Waals surface area contributed by atoms with E-state index < -0.39 is 55.8 Å². The van der Waals surface area contributed by atoms with Crippen LogP contribution in [0.5, 0.6) is 0 Å². The topological polar surface area (TPSA) is 182 Å². The fraction of sp³-hybridized carbons (Fsp3) is 0.611. The quantitative estimate of drug-likeness (QED) is 0.205. The first kappa shape index (κ1) is 26.9. The maximum Gasteiger partial charge on any atom is 0.323 e. The minimum Gasteiger partial charge on any atom is -0.480 e. The van der Waals surface area contributed by atoms with Gasteiger partial charge in [0.25, 0.3) is 0 Å². The lowest BCUT2D eigenvalue weighted by Gasteiger charge is -2.20. The second kappa shape index (κ2) is 13.3. The Morgan fingerprint density at radius 2 is 1.72 bits per heavy atom. The number of nitrogens with one attached hydrogen (secondary N) is 3. The molecule has 0 radical (unpaired) electrons. The van der Waals surface area contributed by atoms with Gasteiger partial charge in [-0.2, -0.15) is 11.8 Å². The lowest BCUT2D eigenvalue weighted by atomic mass is 10.2. The van der Waals surface area contributed by atoms with Crippen molar-refractivity contribution in [2.45, 2.75) is 24.5 Å². The summed E-state index contributed by atoms with van der Waals surface area (Å²) in [7, 11) is 1.33. The van der Waals surface area contributed by atoms with Gasteiger partial charge in [0.05, 0.1) is 18.3 Å². The summed E-state index contributed by atoms with van der Waals surface area (Å²) in [6.07, 6.45) is 2.13. The Labute approximate surface area is 188 Å². The van der Waals surface area contributed by atoms with Crippen LogP contribution >= 0.6 is 11.8 Å². The summed E-state index contributed by atoms with van der Waals surface area (Å²) in [6.45, 7) is -2.04. The van der Waals surface area contributed by atoms with E-state index in [1.54, 1.807) is 6.26 Å². The minimum absolute atomic E-state index is 0.00821. The van der Waals surface area contributed by atoms with Gasteiger partial charge in [0.2, 0.25) is 35.4 Å². The summed E-state index contributed by atoms with van der Waals surface area (Å²) in [5.41, 5.74) is 0. The molecule has 178 valence electrons. The van der Waals surface area contributed by atoms with E-state index >= 15 is 0 Å². The van der Waals surface area contributed by atoms with Gasteiger partial charge in [-0.05, 0) is 12.7 Å². The highest BCUT2D eigenvalue weighted by atomic mass is 32.2. The second-order valence-electron chi connectivity index (χ2n) is 6.79. The number of aliphatic carboxylic acids is 1. The number of hydrogen-bond donors (Lipinski definition) is 4. The largest absolute Gasteiger partial charge is 0.480 e. The minimum atomic E-state index is -1.32. The van der Waals surface area contributed by atoms with Crippen molar-refractivity contribution in [1.29, 1.82) is 0 Å². The van der Waals surface area contributed by atoms with E-state index in [1.807, 2.05) is 0 Å². The third-order valence-electron chi connectivity index (χ3n) is 4.45. The Hall–Kier alpha value is -3.16. The maximum absolute atomic E-state index is 12.1. The molecule has 13 nitrogen and oxygen atoms in total. The van der Waals surface area contributed by atoms with Crippen LogP contribution in [0.25, 0.3) is 0 Å². The van der Waals surface area contributed by atoms with E-state index in [2.05, 4.69) is 16.0 Å². The van der Waals surface area contributed by atoms with Gasteiger partial charge in [-0.15, -0.1) is 0 Å². The fourth-order valence-corrected chi connectivity index (χ4v) is 3.37. The van der Waals surface area contributed by atoms with Gasteiger partial charge < -0.3 is 26.0 Å². The Kier molecular flexibility index (Phi) is 11.2. The summed E-state index contributed by atoms with van der Waals surface area (Å²) in [6, 6.07) is 0. The zero-order valence-corrected chi connectivity index (χ0v) is 18.7. The molecule has 4 N–H and O–H groups in total. The second-order valence-corrected chi connectivity index (χ2v) is 7.83.